The molecule has 23 heavy (non-hydrogen) atoms. The van der Waals surface area contributed by atoms with E-state index in [1.807, 2.05) is 30.3 Å². The van der Waals surface area contributed by atoms with E-state index in [-0.39, 0.29) is 5.91 Å². The minimum absolute atomic E-state index is 0.171. The van der Waals surface area contributed by atoms with Crippen molar-refractivity contribution in [2.45, 2.75) is 12.5 Å². The number of hydrogen-bond acceptors (Lipinski definition) is 4. The van der Waals surface area contributed by atoms with Crippen LogP contribution >= 0.6 is 0 Å². The van der Waals surface area contributed by atoms with E-state index in [0.717, 1.165) is 5.69 Å². The lowest BCUT2D eigenvalue weighted by molar-refractivity contribution is -0.120. The molecule has 126 valence electrons. The van der Waals surface area contributed by atoms with E-state index in [1.54, 1.807) is 4.90 Å². The number of amides is 1. The van der Waals surface area contributed by atoms with Crippen molar-refractivity contribution in [1.82, 2.24) is 8.61 Å². The summed E-state index contributed by atoms with van der Waals surface area (Å²) in [5, 5.41) is 0. The number of ether oxygens (including phenoxy) is 1. The summed E-state index contributed by atoms with van der Waals surface area (Å²) in [5.41, 5.74) is 0.803. The van der Waals surface area contributed by atoms with Crippen LogP contribution in [0.5, 0.6) is 0 Å². The first-order valence-electron chi connectivity index (χ1n) is 7.69. The largest absolute Gasteiger partial charge is 0.379 e. The van der Waals surface area contributed by atoms with Crippen LogP contribution in [0.4, 0.5) is 5.69 Å². The zero-order valence-electron chi connectivity index (χ0n) is 13.1. The Morgan fingerprint density at radius 1 is 1.13 bits per heavy atom. The van der Waals surface area contributed by atoms with E-state index >= 15 is 0 Å². The normalized spacial score (nSPS) is 23.7. The molecule has 0 radical (unpaired) electrons. The van der Waals surface area contributed by atoms with Crippen LogP contribution in [0.15, 0.2) is 30.3 Å². The maximum Gasteiger partial charge on any atom is 0.282 e. The Morgan fingerprint density at radius 2 is 1.78 bits per heavy atom. The van der Waals surface area contributed by atoms with E-state index in [4.69, 9.17) is 4.74 Å². The van der Waals surface area contributed by atoms with E-state index in [0.29, 0.717) is 39.3 Å². The fourth-order valence-corrected chi connectivity index (χ4v) is 4.48. The molecule has 2 aliphatic rings. The van der Waals surface area contributed by atoms with Crippen LogP contribution in [0.2, 0.25) is 0 Å². The van der Waals surface area contributed by atoms with Gasteiger partial charge in [0.1, 0.15) is 6.04 Å². The molecule has 2 heterocycles. The van der Waals surface area contributed by atoms with Gasteiger partial charge >= 0.3 is 0 Å². The minimum atomic E-state index is -3.64. The van der Waals surface area contributed by atoms with Crippen molar-refractivity contribution in [3.05, 3.63) is 30.3 Å². The van der Waals surface area contributed by atoms with Crippen molar-refractivity contribution >= 4 is 21.8 Å². The quantitative estimate of drug-likeness (QED) is 0.791. The van der Waals surface area contributed by atoms with Crippen LogP contribution in [-0.4, -0.2) is 68.9 Å². The number of carbonyl (C=O) groups is 1. The number of benzene rings is 1. The number of likely N-dealkylation sites (N-methyl/N-ethyl adjacent to an activating group) is 1. The number of rotatable bonds is 4. The van der Waals surface area contributed by atoms with Gasteiger partial charge in [0, 0.05) is 32.4 Å². The summed E-state index contributed by atoms with van der Waals surface area (Å²) >= 11 is 0. The Bertz CT molecular complexity index is 659. The van der Waals surface area contributed by atoms with Gasteiger partial charge in [0.2, 0.25) is 5.91 Å². The standard InChI is InChI=1S/C15H21N3O4S/c1-16(23(20,21)17-9-11-22-12-10-17)14-7-8-18(15(14)19)13-5-3-2-4-6-13/h2-6,14H,7-12H2,1H3. The maximum absolute atomic E-state index is 12.7. The molecule has 0 N–H and O–H groups in total. The highest BCUT2D eigenvalue weighted by Gasteiger charge is 2.42. The van der Waals surface area contributed by atoms with Gasteiger partial charge in [-0.25, -0.2) is 0 Å². The fraction of sp³-hybridized carbons (Fsp3) is 0.533. The first kappa shape index (κ1) is 16.4. The van der Waals surface area contributed by atoms with Crippen molar-refractivity contribution in [2.75, 3.05) is 44.8 Å². The lowest BCUT2D eigenvalue weighted by Crippen LogP contribution is -2.52. The molecular weight excluding hydrogens is 318 g/mol. The molecule has 7 nitrogen and oxygen atoms in total. The SMILES string of the molecule is CN(C1CCN(c2ccccc2)C1=O)S(=O)(=O)N1CCOCC1. The highest BCUT2D eigenvalue weighted by molar-refractivity contribution is 7.86. The molecule has 2 fully saturated rings. The smallest absolute Gasteiger partial charge is 0.282 e. The maximum atomic E-state index is 12.7. The van der Waals surface area contributed by atoms with E-state index in [9.17, 15) is 13.2 Å². The topological polar surface area (TPSA) is 70.2 Å². The van der Waals surface area contributed by atoms with E-state index < -0.39 is 16.3 Å². The number of carbonyl (C=O) groups excluding carboxylic acids is 1. The summed E-state index contributed by atoms with van der Waals surface area (Å²) in [5.74, 6) is -0.171. The Balaban J connectivity index is 1.75. The van der Waals surface area contributed by atoms with Crippen molar-refractivity contribution in [2.24, 2.45) is 0 Å². The predicted octanol–water partition coefficient (Wildman–Crippen LogP) is 0.301. The zero-order valence-corrected chi connectivity index (χ0v) is 13.9. The molecule has 8 heteroatoms. The van der Waals surface area contributed by atoms with E-state index in [2.05, 4.69) is 0 Å². The van der Waals surface area contributed by atoms with Crippen molar-refractivity contribution in [3.8, 4) is 0 Å². The summed E-state index contributed by atoms with van der Waals surface area (Å²) in [4.78, 5) is 14.3. The van der Waals surface area contributed by atoms with Gasteiger partial charge in [-0.3, -0.25) is 4.79 Å². The van der Waals surface area contributed by atoms with Gasteiger partial charge in [-0.15, -0.1) is 0 Å². The van der Waals surface area contributed by atoms with Gasteiger partial charge in [-0.2, -0.15) is 17.0 Å². The number of para-hydroxylation sites is 1. The summed E-state index contributed by atoms with van der Waals surface area (Å²) in [7, 11) is -2.16. The lowest BCUT2D eigenvalue weighted by Gasteiger charge is -2.32. The Morgan fingerprint density at radius 3 is 2.43 bits per heavy atom. The minimum Gasteiger partial charge on any atom is -0.379 e. The van der Waals surface area contributed by atoms with Crippen molar-refractivity contribution in [3.63, 3.8) is 0 Å². The molecule has 1 atom stereocenters. The number of anilines is 1. The van der Waals surface area contributed by atoms with Crippen LogP contribution in [0.3, 0.4) is 0 Å². The molecule has 2 saturated heterocycles. The van der Waals surface area contributed by atoms with Gasteiger partial charge in [0.05, 0.1) is 13.2 Å². The zero-order chi connectivity index (χ0) is 16.4. The Kier molecular flexibility index (Phi) is 4.67. The van der Waals surface area contributed by atoms with Crippen LogP contribution in [-0.2, 0) is 19.7 Å². The molecule has 1 aromatic rings. The van der Waals surface area contributed by atoms with Crippen LogP contribution in [0.25, 0.3) is 0 Å². The Labute approximate surface area is 136 Å². The molecule has 0 saturated carbocycles. The third-order valence-electron chi connectivity index (χ3n) is 4.34. The average Bonchev–Trinajstić information content (AvgIpc) is 2.97. The molecule has 3 rings (SSSR count). The highest BCUT2D eigenvalue weighted by Crippen LogP contribution is 2.25. The molecule has 0 aliphatic carbocycles. The third kappa shape index (κ3) is 3.12. The number of nitrogens with zero attached hydrogens (tertiary/aromatic N) is 3. The van der Waals surface area contributed by atoms with Crippen LogP contribution in [0.1, 0.15) is 6.42 Å². The van der Waals surface area contributed by atoms with Crippen LogP contribution in [0, 0.1) is 0 Å². The number of morpholine rings is 1. The molecule has 0 spiro atoms. The molecule has 2 aliphatic heterocycles. The first-order valence-corrected chi connectivity index (χ1v) is 9.09. The van der Waals surface area contributed by atoms with Crippen molar-refractivity contribution < 1.29 is 17.9 Å². The summed E-state index contributed by atoms with van der Waals surface area (Å²) < 4.78 is 33.2. The predicted molar refractivity (Wildman–Crippen MR) is 86.3 cm³/mol. The lowest BCUT2D eigenvalue weighted by atomic mass is 10.2. The van der Waals surface area contributed by atoms with Gasteiger partial charge in [0.25, 0.3) is 10.2 Å². The first-order chi connectivity index (χ1) is 11.0. The summed E-state index contributed by atoms with van der Waals surface area (Å²) in [6.45, 7) is 1.96. The van der Waals surface area contributed by atoms with E-state index in [1.165, 1.54) is 15.7 Å². The summed E-state index contributed by atoms with van der Waals surface area (Å²) in [6, 6.07) is 8.68. The highest BCUT2D eigenvalue weighted by atomic mass is 32.2. The average molecular weight is 339 g/mol. The van der Waals surface area contributed by atoms with Gasteiger partial charge < -0.3 is 9.64 Å². The molecule has 1 amide bonds. The molecule has 0 aromatic heterocycles. The monoisotopic (exact) mass is 339 g/mol. The fourth-order valence-electron chi connectivity index (χ4n) is 2.99. The third-order valence-corrected chi connectivity index (χ3v) is 6.34. The van der Waals surface area contributed by atoms with Gasteiger partial charge in [-0.05, 0) is 18.6 Å². The van der Waals surface area contributed by atoms with Crippen molar-refractivity contribution in [1.29, 1.82) is 0 Å². The number of hydrogen-bond donors (Lipinski definition) is 0. The molecule has 1 aromatic carbocycles. The second-order valence-corrected chi connectivity index (χ2v) is 7.65. The van der Waals surface area contributed by atoms with Gasteiger partial charge in [0.15, 0.2) is 0 Å². The van der Waals surface area contributed by atoms with Crippen LogP contribution < -0.4 is 4.90 Å². The second kappa shape index (κ2) is 6.56. The van der Waals surface area contributed by atoms with Gasteiger partial charge in [-0.1, -0.05) is 18.2 Å². The summed E-state index contributed by atoms with van der Waals surface area (Å²) in [6.07, 6.45) is 0.494. The molecule has 0 bridgehead atoms. The second-order valence-electron chi connectivity index (χ2n) is 5.67. The molecular formula is C15H21N3O4S. The molecule has 1 unspecified atom stereocenters. The Hall–Kier alpha value is -1.48.